The summed E-state index contributed by atoms with van der Waals surface area (Å²) in [6.07, 6.45) is 2.45. The van der Waals surface area contributed by atoms with Gasteiger partial charge in [0.15, 0.2) is 0 Å². The Kier molecular flexibility index (Phi) is 2.83. The van der Waals surface area contributed by atoms with Gasteiger partial charge in [-0.2, -0.15) is 0 Å². The zero-order chi connectivity index (χ0) is 11.0. The van der Waals surface area contributed by atoms with E-state index in [2.05, 4.69) is 30.3 Å². The molecule has 0 bridgehead atoms. The third-order valence-electron chi connectivity index (χ3n) is 3.26. The summed E-state index contributed by atoms with van der Waals surface area (Å²) in [5.74, 6) is 2.12. The average molecular weight is 208 g/mol. The maximum absolute atomic E-state index is 9.33. The van der Waals surface area contributed by atoms with Crippen LogP contribution in [0.15, 0.2) is 0 Å². The highest BCUT2D eigenvalue weighted by Gasteiger charge is 2.25. The van der Waals surface area contributed by atoms with Gasteiger partial charge in [-0.25, -0.2) is 4.98 Å². The molecule has 0 saturated carbocycles. The van der Waals surface area contributed by atoms with E-state index in [4.69, 9.17) is 0 Å². The molecule has 0 amide bonds. The Hall–Kier alpha value is -0.830. The van der Waals surface area contributed by atoms with Crippen LogP contribution >= 0.6 is 0 Å². The van der Waals surface area contributed by atoms with Crippen LogP contribution < -0.4 is 0 Å². The van der Waals surface area contributed by atoms with Crippen molar-refractivity contribution in [3.8, 4) is 0 Å². The minimum absolute atomic E-state index is 0.0758. The van der Waals surface area contributed by atoms with Gasteiger partial charge in [-0.3, -0.25) is 0 Å². The SMILES string of the molecule is CC(C)c1nc(CO)c2n1CCCC2C. The maximum Gasteiger partial charge on any atom is 0.111 e. The molecule has 0 saturated heterocycles. The van der Waals surface area contributed by atoms with Crippen LogP contribution in [0.25, 0.3) is 0 Å². The van der Waals surface area contributed by atoms with E-state index in [0.717, 1.165) is 18.1 Å². The Labute approximate surface area is 91.1 Å². The van der Waals surface area contributed by atoms with E-state index in [0.29, 0.717) is 11.8 Å². The van der Waals surface area contributed by atoms with E-state index in [1.54, 1.807) is 0 Å². The van der Waals surface area contributed by atoms with Crippen LogP contribution in [0.5, 0.6) is 0 Å². The van der Waals surface area contributed by atoms with E-state index in [1.807, 2.05) is 0 Å². The smallest absolute Gasteiger partial charge is 0.111 e. The van der Waals surface area contributed by atoms with Crippen molar-refractivity contribution in [2.75, 3.05) is 0 Å². The molecule has 1 N–H and O–H groups in total. The number of aromatic nitrogens is 2. The van der Waals surface area contributed by atoms with Crippen molar-refractivity contribution >= 4 is 0 Å². The van der Waals surface area contributed by atoms with Crippen LogP contribution in [0, 0.1) is 0 Å². The van der Waals surface area contributed by atoms with E-state index < -0.39 is 0 Å². The molecule has 2 rings (SSSR count). The fourth-order valence-corrected chi connectivity index (χ4v) is 2.57. The van der Waals surface area contributed by atoms with Crippen molar-refractivity contribution in [2.24, 2.45) is 0 Å². The van der Waals surface area contributed by atoms with Crippen molar-refractivity contribution in [1.82, 2.24) is 9.55 Å². The molecule has 1 aromatic rings. The van der Waals surface area contributed by atoms with E-state index in [-0.39, 0.29) is 6.61 Å². The normalized spacial score (nSPS) is 20.7. The van der Waals surface area contributed by atoms with Gasteiger partial charge in [0.1, 0.15) is 5.82 Å². The van der Waals surface area contributed by atoms with Crippen LogP contribution in [0.1, 0.15) is 62.7 Å². The van der Waals surface area contributed by atoms with Crippen LogP contribution in [-0.2, 0) is 13.2 Å². The molecule has 15 heavy (non-hydrogen) atoms. The number of fused-ring (bicyclic) bond motifs is 1. The monoisotopic (exact) mass is 208 g/mol. The molecule has 0 aromatic carbocycles. The van der Waals surface area contributed by atoms with Gasteiger partial charge in [-0.15, -0.1) is 0 Å². The number of imidazole rings is 1. The van der Waals surface area contributed by atoms with Crippen molar-refractivity contribution in [2.45, 2.75) is 58.6 Å². The summed E-state index contributed by atoms with van der Waals surface area (Å²) in [5, 5.41) is 9.33. The second kappa shape index (κ2) is 3.97. The summed E-state index contributed by atoms with van der Waals surface area (Å²) in [6.45, 7) is 7.70. The van der Waals surface area contributed by atoms with Crippen molar-refractivity contribution in [3.63, 3.8) is 0 Å². The Morgan fingerprint density at radius 1 is 1.53 bits per heavy atom. The minimum Gasteiger partial charge on any atom is -0.390 e. The second-order valence-electron chi connectivity index (χ2n) is 4.81. The van der Waals surface area contributed by atoms with Crippen LogP contribution in [0.3, 0.4) is 0 Å². The summed E-state index contributed by atoms with van der Waals surface area (Å²) in [7, 11) is 0. The summed E-state index contributed by atoms with van der Waals surface area (Å²) in [5.41, 5.74) is 2.17. The third kappa shape index (κ3) is 1.69. The Morgan fingerprint density at radius 2 is 2.27 bits per heavy atom. The summed E-state index contributed by atoms with van der Waals surface area (Å²) < 4.78 is 2.32. The first-order valence-corrected chi connectivity index (χ1v) is 5.85. The molecule has 1 unspecified atom stereocenters. The van der Waals surface area contributed by atoms with Crippen LogP contribution in [0.4, 0.5) is 0 Å². The summed E-state index contributed by atoms with van der Waals surface area (Å²) in [4.78, 5) is 4.57. The zero-order valence-corrected chi connectivity index (χ0v) is 9.82. The molecule has 3 heteroatoms. The topological polar surface area (TPSA) is 38.1 Å². The molecule has 1 aromatic heterocycles. The van der Waals surface area contributed by atoms with E-state index in [9.17, 15) is 5.11 Å². The number of hydrogen-bond donors (Lipinski definition) is 1. The fraction of sp³-hybridized carbons (Fsp3) is 0.750. The van der Waals surface area contributed by atoms with Gasteiger partial charge < -0.3 is 9.67 Å². The molecule has 0 spiro atoms. The molecule has 3 nitrogen and oxygen atoms in total. The molecule has 0 radical (unpaired) electrons. The standard InChI is InChI=1S/C12H20N2O/c1-8(2)12-13-10(7-15)11-9(3)5-4-6-14(11)12/h8-9,15H,4-7H2,1-3H3. The Morgan fingerprint density at radius 3 is 2.87 bits per heavy atom. The average Bonchev–Trinajstić information content (AvgIpc) is 2.58. The number of aliphatic hydroxyl groups is 1. The first kappa shape index (κ1) is 10.7. The number of rotatable bonds is 2. The minimum atomic E-state index is 0.0758. The maximum atomic E-state index is 9.33. The van der Waals surface area contributed by atoms with Gasteiger partial charge in [0, 0.05) is 18.2 Å². The Bertz CT molecular complexity index is 355. The summed E-state index contributed by atoms with van der Waals surface area (Å²) in [6, 6.07) is 0. The lowest BCUT2D eigenvalue weighted by Gasteiger charge is -2.23. The molecule has 2 heterocycles. The molecule has 84 valence electrons. The van der Waals surface area contributed by atoms with Gasteiger partial charge >= 0.3 is 0 Å². The fourth-order valence-electron chi connectivity index (χ4n) is 2.57. The Balaban J connectivity index is 2.52. The van der Waals surface area contributed by atoms with Gasteiger partial charge in [0.2, 0.25) is 0 Å². The van der Waals surface area contributed by atoms with Gasteiger partial charge in [-0.05, 0) is 18.8 Å². The predicted octanol–water partition coefficient (Wildman–Crippen LogP) is 2.40. The first-order valence-electron chi connectivity index (χ1n) is 5.85. The van der Waals surface area contributed by atoms with Crippen LogP contribution in [0.2, 0.25) is 0 Å². The zero-order valence-electron chi connectivity index (χ0n) is 9.82. The molecular formula is C12H20N2O. The first-order chi connectivity index (χ1) is 7.15. The molecular weight excluding hydrogens is 188 g/mol. The van der Waals surface area contributed by atoms with E-state index in [1.165, 1.54) is 18.5 Å². The molecule has 0 fully saturated rings. The number of hydrogen-bond acceptors (Lipinski definition) is 2. The third-order valence-corrected chi connectivity index (χ3v) is 3.26. The molecule has 1 aliphatic rings. The lowest BCUT2D eigenvalue weighted by Crippen LogP contribution is -2.16. The quantitative estimate of drug-likeness (QED) is 0.810. The number of nitrogens with zero attached hydrogens (tertiary/aromatic N) is 2. The van der Waals surface area contributed by atoms with Gasteiger partial charge in [0.05, 0.1) is 12.3 Å². The number of aliphatic hydroxyl groups excluding tert-OH is 1. The van der Waals surface area contributed by atoms with E-state index >= 15 is 0 Å². The van der Waals surface area contributed by atoms with Crippen molar-refractivity contribution in [1.29, 1.82) is 0 Å². The highest BCUT2D eigenvalue weighted by molar-refractivity contribution is 5.23. The van der Waals surface area contributed by atoms with Gasteiger partial charge in [-0.1, -0.05) is 20.8 Å². The second-order valence-corrected chi connectivity index (χ2v) is 4.81. The highest BCUT2D eigenvalue weighted by Crippen LogP contribution is 2.32. The largest absolute Gasteiger partial charge is 0.390 e. The van der Waals surface area contributed by atoms with Crippen molar-refractivity contribution < 1.29 is 5.11 Å². The lowest BCUT2D eigenvalue weighted by atomic mass is 9.96. The van der Waals surface area contributed by atoms with Crippen LogP contribution in [-0.4, -0.2) is 14.7 Å². The lowest BCUT2D eigenvalue weighted by molar-refractivity contribution is 0.274. The highest BCUT2D eigenvalue weighted by atomic mass is 16.3. The molecule has 1 aliphatic heterocycles. The predicted molar refractivity (Wildman–Crippen MR) is 59.9 cm³/mol. The molecule has 1 atom stereocenters. The summed E-state index contributed by atoms with van der Waals surface area (Å²) >= 11 is 0. The molecule has 0 aliphatic carbocycles. The van der Waals surface area contributed by atoms with Gasteiger partial charge in [0.25, 0.3) is 0 Å². The van der Waals surface area contributed by atoms with Crippen molar-refractivity contribution in [3.05, 3.63) is 17.2 Å².